The number of amides is 2. The fraction of sp³-hybridized carbons (Fsp3) is 0.519. The molecule has 2 aliphatic rings. The molecule has 2 aromatic rings. The van der Waals surface area contributed by atoms with E-state index in [9.17, 15) is 23.2 Å². The fourth-order valence-electron chi connectivity index (χ4n) is 4.67. The van der Waals surface area contributed by atoms with Crippen molar-refractivity contribution in [3.63, 3.8) is 0 Å². The van der Waals surface area contributed by atoms with Crippen LogP contribution in [-0.2, 0) is 15.5 Å². The van der Waals surface area contributed by atoms with Crippen molar-refractivity contribution in [2.75, 3.05) is 0 Å². The lowest BCUT2D eigenvalue weighted by Gasteiger charge is -2.30. The summed E-state index contributed by atoms with van der Waals surface area (Å²) in [4.78, 5) is 42.3. The van der Waals surface area contributed by atoms with Crippen LogP contribution >= 0.6 is 0 Å². The largest absolute Gasteiger partial charge is 0.443 e. The SMILES string of the molecule is CC(C)(C)OC(=O)N1C(=O)CC[C@@H]1C[C@H](c1ccc(C(C)(F)F)cc1)c1ccc(C2CC2)c(=O)[nH]1. The topological polar surface area (TPSA) is 79.5 Å². The number of likely N-dealkylation sites (tertiary alicyclic amines) is 1. The molecular formula is C27H32F2N2O4. The van der Waals surface area contributed by atoms with Crippen molar-refractivity contribution < 1.29 is 23.1 Å². The molecule has 4 rings (SSSR count). The van der Waals surface area contributed by atoms with E-state index in [-0.39, 0.29) is 29.4 Å². The van der Waals surface area contributed by atoms with Gasteiger partial charge in [0.05, 0.1) is 0 Å². The Hall–Kier alpha value is -3.03. The standard InChI is InChI=1S/C27H32F2N2O4/c1-26(2,3)35-25(34)31-19(11-14-23(31)32)15-21(17-7-9-18(10-8-17)27(4,28)29)22-13-12-20(16-5-6-16)24(33)30-22/h7-10,12-13,16,19,21H,5-6,11,14-15H2,1-4H3,(H,30,33)/t19-,21-/m1/s1. The second-order valence-corrected chi connectivity index (χ2v) is 10.7. The van der Waals surface area contributed by atoms with Crippen LogP contribution < -0.4 is 5.56 Å². The highest BCUT2D eigenvalue weighted by Crippen LogP contribution is 2.39. The van der Waals surface area contributed by atoms with E-state index in [2.05, 4.69) is 4.98 Å². The van der Waals surface area contributed by atoms with Crippen molar-refractivity contribution in [3.05, 3.63) is 69.1 Å². The lowest BCUT2D eigenvalue weighted by Crippen LogP contribution is -2.42. The second-order valence-electron chi connectivity index (χ2n) is 10.7. The highest BCUT2D eigenvalue weighted by Gasteiger charge is 2.40. The van der Waals surface area contributed by atoms with E-state index >= 15 is 0 Å². The molecule has 2 atom stereocenters. The molecule has 0 radical (unpaired) electrons. The van der Waals surface area contributed by atoms with Crippen molar-refractivity contribution in [1.29, 1.82) is 0 Å². The van der Waals surface area contributed by atoms with Gasteiger partial charge in [-0.05, 0) is 64.0 Å². The molecule has 6 nitrogen and oxygen atoms in total. The van der Waals surface area contributed by atoms with Crippen LogP contribution in [-0.4, -0.2) is 33.5 Å². The van der Waals surface area contributed by atoms with E-state index in [4.69, 9.17) is 4.74 Å². The maximum atomic E-state index is 13.8. The van der Waals surface area contributed by atoms with Gasteiger partial charge in [0, 0.05) is 42.1 Å². The molecule has 8 heteroatoms. The number of ether oxygens (including phenoxy) is 1. The number of carbonyl (C=O) groups is 2. The lowest BCUT2D eigenvalue weighted by atomic mass is 9.87. The zero-order valence-electron chi connectivity index (χ0n) is 20.6. The number of H-pyrrole nitrogens is 1. The first kappa shape index (κ1) is 25.1. The fourth-order valence-corrected chi connectivity index (χ4v) is 4.67. The minimum absolute atomic E-state index is 0.107. The highest BCUT2D eigenvalue weighted by molar-refractivity contribution is 5.94. The molecule has 1 saturated carbocycles. The van der Waals surface area contributed by atoms with Gasteiger partial charge in [0.15, 0.2) is 0 Å². The smallest absolute Gasteiger partial charge is 0.417 e. The van der Waals surface area contributed by atoms with Gasteiger partial charge >= 0.3 is 6.09 Å². The van der Waals surface area contributed by atoms with Crippen LogP contribution in [0.2, 0.25) is 0 Å². The maximum absolute atomic E-state index is 13.8. The number of alkyl halides is 2. The molecule has 1 saturated heterocycles. The van der Waals surface area contributed by atoms with E-state index in [1.165, 1.54) is 17.0 Å². The van der Waals surface area contributed by atoms with E-state index < -0.39 is 29.6 Å². The normalized spacial score (nSPS) is 19.7. The van der Waals surface area contributed by atoms with E-state index in [1.54, 1.807) is 32.9 Å². The molecule has 0 bridgehead atoms. The Bertz CT molecular complexity index is 1160. The quantitative estimate of drug-likeness (QED) is 0.559. The molecule has 1 aliphatic carbocycles. The molecule has 0 unspecified atom stereocenters. The van der Waals surface area contributed by atoms with Gasteiger partial charge in [-0.1, -0.05) is 30.3 Å². The summed E-state index contributed by atoms with van der Waals surface area (Å²) in [6.07, 6.45) is 2.31. The van der Waals surface area contributed by atoms with Gasteiger partial charge in [0.2, 0.25) is 5.91 Å². The molecule has 1 aromatic carbocycles. The Morgan fingerprint density at radius 2 is 1.71 bits per heavy atom. The van der Waals surface area contributed by atoms with E-state index in [1.807, 2.05) is 12.1 Å². The average molecular weight is 487 g/mol. The molecule has 1 aromatic heterocycles. The number of carbonyl (C=O) groups excluding carboxylic acids is 2. The minimum atomic E-state index is -2.97. The Balaban J connectivity index is 1.67. The number of halogens is 2. The van der Waals surface area contributed by atoms with Gasteiger partial charge in [0.1, 0.15) is 5.60 Å². The van der Waals surface area contributed by atoms with Crippen LogP contribution in [0.5, 0.6) is 0 Å². The molecule has 35 heavy (non-hydrogen) atoms. The number of nitrogens with zero attached hydrogens (tertiary/aromatic N) is 1. The van der Waals surface area contributed by atoms with Crippen LogP contribution in [0.1, 0.15) is 94.0 Å². The first-order chi connectivity index (χ1) is 16.3. The van der Waals surface area contributed by atoms with Crippen molar-refractivity contribution >= 4 is 12.0 Å². The van der Waals surface area contributed by atoms with Gasteiger partial charge in [0.25, 0.3) is 11.5 Å². The number of hydrogen-bond donors (Lipinski definition) is 1. The van der Waals surface area contributed by atoms with Crippen LogP contribution in [0.4, 0.5) is 13.6 Å². The maximum Gasteiger partial charge on any atom is 0.417 e. The van der Waals surface area contributed by atoms with Gasteiger partial charge in [-0.15, -0.1) is 0 Å². The van der Waals surface area contributed by atoms with Gasteiger partial charge in [-0.2, -0.15) is 0 Å². The Morgan fingerprint density at radius 1 is 1.06 bits per heavy atom. The van der Waals surface area contributed by atoms with Gasteiger partial charge in [-0.3, -0.25) is 9.59 Å². The average Bonchev–Trinajstić information content (AvgIpc) is 3.52. The van der Waals surface area contributed by atoms with E-state index in [0.29, 0.717) is 18.5 Å². The summed E-state index contributed by atoms with van der Waals surface area (Å²) in [6, 6.07) is 9.25. The monoisotopic (exact) mass is 486 g/mol. The number of aromatic nitrogens is 1. The zero-order chi connectivity index (χ0) is 25.5. The third-order valence-electron chi connectivity index (χ3n) is 6.60. The number of pyridine rings is 1. The summed E-state index contributed by atoms with van der Waals surface area (Å²) in [6.45, 7) is 6.05. The third kappa shape index (κ3) is 5.80. The van der Waals surface area contributed by atoms with Crippen LogP contribution in [0.3, 0.4) is 0 Å². The van der Waals surface area contributed by atoms with Crippen LogP contribution in [0.25, 0.3) is 0 Å². The first-order valence-corrected chi connectivity index (χ1v) is 12.1. The summed E-state index contributed by atoms with van der Waals surface area (Å²) in [7, 11) is 0. The summed E-state index contributed by atoms with van der Waals surface area (Å²) < 4.78 is 33.0. The van der Waals surface area contributed by atoms with Crippen molar-refractivity contribution in [3.8, 4) is 0 Å². The molecule has 0 spiro atoms. The predicted molar refractivity (Wildman–Crippen MR) is 128 cm³/mol. The lowest BCUT2D eigenvalue weighted by molar-refractivity contribution is -0.128. The number of imide groups is 1. The summed E-state index contributed by atoms with van der Waals surface area (Å²) >= 11 is 0. The molecular weight excluding hydrogens is 454 g/mol. The predicted octanol–water partition coefficient (Wildman–Crippen LogP) is 5.81. The number of rotatable bonds is 6. The first-order valence-electron chi connectivity index (χ1n) is 12.1. The summed E-state index contributed by atoms with van der Waals surface area (Å²) in [5.41, 5.74) is 1.08. The molecule has 2 heterocycles. The van der Waals surface area contributed by atoms with Crippen molar-refractivity contribution in [1.82, 2.24) is 9.88 Å². The Morgan fingerprint density at radius 3 is 2.26 bits per heavy atom. The molecule has 2 fully saturated rings. The Kier molecular flexibility index (Phi) is 6.60. The summed E-state index contributed by atoms with van der Waals surface area (Å²) in [5.74, 6) is -3.40. The van der Waals surface area contributed by atoms with Crippen LogP contribution in [0, 0.1) is 0 Å². The molecule has 1 aliphatic heterocycles. The third-order valence-corrected chi connectivity index (χ3v) is 6.60. The zero-order valence-corrected chi connectivity index (χ0v) is 20.6. The van der Waals surface area contributed by atoms with Gasteiger partial charge < -0.3 is 9.72 Å². The highest BCUT2D eigenvalue weighted by atomic mass is 19.3. The minimum Gasteiger partial charge on any atom is -0.443 e. The van der Waals surface area contributed by atoms with Crippen LogP contribution in [0.15, 0.2) is 41.2 Å². The molecule has 1 N–H and O–H groups in total. The van der Waals surface area contributed by atoms with Crippen molar-refractivity contribution in [2.45, 2.75) is 89.2 Å². The second kappa shape index (κ2) is 9.21. The van der Waals surface area contributed by atoms with Crippen molar-refractivity contribution in [2.24, 2.45) is 0 Å². The molecule has 188 valence electrons. The number of aromatic amines is 1. The van der Waals surface area contributed by atoms with Gasteiger partial charge in [-0.25, -0.2) is 18.5 Å². The Labute approximate surface area is 203 Å². The summed E-state index contributed by atoms with van der Waals surface area (Å²) in [5, 5.41) is 0. The number of benzene rings is 1. The number of nitrogens with one attached hydrogen (secondary N) is 1. The molecule has 2 amide bonds. The van der Waals surface area contributed by atoms with E-state index in [0.717, 1.165) is 30.9 Å². The number of hydrogen-bond acceptors (Lipinski definition) is 4.